The van der Waals surface area contributed by atoms with E-state index < -0.39 is 0 Å². The van der Waals surface area contributed by atoms with Crippen molar-refractivity contribution in [2.75, 3.05) is 5.73 Å². The second kappa shape index (κ2) is 2.56. The van der Waals surface area contributed by atoms with E-state index >= 15 is 0 Å². The third-order valence-corrected chi connectivity index (χ3v) is 2.03. The number of nitrogens with two attached hydrogens (primary N) is 1. The van der Waals surface area contributed by atoms with Gasteiger partial charge in [0.1, 0.15) is 5.69 Å². The lowest BCUT2D eigenvalue weighted by atomic mass is 10.4. The Kier molecular flexibility index (Phi) is 1.54. The Morgan fingerprint density at radius 3 is 2.92 bits per heavy atom. The fourth-order valence-corrected chi connectivity index (χ4v) is 1.37. The molecule has 62 valence electrons. The van der Waals surface area contributed by atoms with Crippen molar-refractivity contribution in [2.24, 2.45) is 7.05 Å². The van der Waals surface area contributed by atoms with E-state index in [2.05, 4.69) is 14.5 Å². The third kappa shape index (κ3) is 1.06. The molecule has 2 aromatic heterocycles. The fraction of sp³-hybridized carbons (Fsp3) is 0.167. The van der Waals surface area contributed by atoms with Gasteiger partial charge in [0, 0.05) is 24.8 Å². The number of nitrogen functional groups attached to an aromatic ring is 1. The molecule has 0 spiro atoms. The van der Waals surface area contributed by atoms with Gasteiger partial charge in [0.2, 0.25) is 0 Å². The second-order valence-electron chi connectivity index (χ2n) is 2.30. The summed E-state index contributed by atoms with van der Waals surface area (Å²) in [5, 5.41) is 4.48. The molecule has 0 aromatic carbocycles. The van der Waals surface area contributed by atoms with Crippen LogP contribution >= 0.6 is 11.5 Å². The number of hydrogen-bond acceptors (Lipinski definition) is 5. The molecule has 2 heterocycles. The first kappa shape index (κ1) is 7.23. The van der Waals surface area contributed by atoms with Gasteiger partial charge < -0.3 is 5.73 Å². The summed E-state index contributed by atoms with van der Waals surface area (Å²) in [4.78, 5) is 4.04. The summed E-state index contributed by atoms with van der Waals surface area (Å²) in [6, 6.07) is 1.85. The first-order valence-corrected chi connectivity index (χ1v) is 4.12. The molecule has 0 radical (unpaired) electrons. The highest BCUT2D eigenvalue weighted by Gasteiger charge is 2.07. The van der Waals surface area contributed by atoms with E-state index in [-0.39, 0.29) is 0 Å². The average Bonchev–Trinajstić information content (AvgIpc) is 2.58. The summed E-state index contributed by atoms with van der Waals surface area (Å²) in [6.07, 6.45) is 1.70. The Balaban J connectivity index is 2.50. The molecule has 0 bridgehead atoms. The largest absolute Gasteiger partial charge is 0.374 e. The van der Waals surface area contributed by atoms with E-state index in [0.29, 0.717) is 11.0 Å². The summed E-state index contributed by atoms with van der Waals surface area (Å²) in [6.45, 7) is 0. The number of aromatic nitrogens is 4. The van der Waals surface area contributed by atoms with Crippen LogP contribution in [0.5, 0.6) is 0 Å². The van der Waals surface area contributed by atoms with Gasteiger partial charge in [0.15, 0.2) is 11.0 Å². The van der Waals surface area contributed by atoms with E-state index in [1.165, 1.54) is 11.5 Å². The van der Waals surface area contributed by atoms with Gasteiger partial charge in [0.05, 0.1) is 0 Å². The van der Waals surface area contributed by atoms with Crippen LogP contribution in [0.4, 0.5) is 5.13 Å². The van der Waals surface area contributed by atoms with Gasteiger partial charge in [-0.25, -0.2) is 0 Å². The first-order valence-electron chi connectivity index (χ1n) is 3.35. The van der Waals surface area contributed by atoms with Crippen LogP contribution in [0.25, 0.3) is 11.5 Å². The summed E-state index contributed by atoms with van der Waals surface area (Å²) >= 11 is 1.19. The molecule has 5 nitrogen and oxygen atoms in total. The molecule has 0 aliphatic carbocycles. The molecule has 2 N–H and O–H groups in total. The molecule has 0 aliphatic heterocycles. The van der Waals surface area contributed by atoms with Crippen molar-refractivity contribution in [3.8, 4) is 11.5 Å². The Bertz CT molecular complexity index is 390. The normalized spacial score (nSPS) is 10.4. The highest BCUT2D eigenvalue weighted by molar-refractivity contribution is 7.09. The van der Waals surface area contributed by atoms with E-state index in [0.717, 1.165) is 5.69 Å². The number of hydrogen-bond donors (Lipinski definition) is 1. The van der Waals surface area contributed by atoms with E-state index in [1.54, 1.807) is 10.9 Å². The maximum Gasteiger partial charge on any atom is 0.200 e. The third-order valence-electron chi connectivity index (χ3n) is 1.49. The van der Waals surface area contributed by atoms with Gasteiger partial charge in [0.25, 0.3) is 0 Å². The lowest BCUT2D eigenvalue weighted by Crippen LogP contribution is -1.94. The number of rotatable bonds is 1. The smallest absolute Gasteiger partial charge is 0.200 e. The van der Waals surface area contributed by atoms with E-state index in [4.69, 9.17) is 5.73 Å². The molecule has 0 saturated heterocycles. The number of aryl methyl sites for hydroxylation is 1. The minimum absolute atomic E-state index is 0.478. The molecule has 2 rings (SSSR count). The molecule has 2 aromatic rings. The van der Waals surface area contributed by atoms with Crippen LogP contribution in [0.3, 0.4) is 0 Å². The molecular formula is C6H7N5S. The highest BCUT2D eigenvalue weighted by atomic mass is 32.1. The fourth-order valence-electron chi connectivity index (χ4n) is 0.933. The lowest BCUT2D eigenvalue weighted by Gasteiger charge is -1.93. The Morgan fingerprint density at radius 1 is 1.58 bits per heavy atom. The molecule has 12 heavy (non-hydrogen) atoms. The Labute approximate surface area is 73.0 Å². The molecule has 0 saturated carbocycles. The van der Waals surface area contributed by atoms with Crippen LogP contribution in [-0.4, -0.2) is 19.1 Å². The summed E-state index contributed by atoms with van der Waals surface area (Å²) < 4.78 is 5.77. The number of anilines is 1. The van der Waals surface area contributed by atoms with Crippen LogP contribution in [0.2, 0.25) is 0 Å². The zero-order chi connectivity index (χ0) is 8.55. The van der Waals surface area contributed by atoms with Crippen molar-refractivity contribution in [1.29, 1.82) is 0 Å². The monoisotopic (exact) mass is 181 g/mol. The number of nitrogens with zero attached hydrogens (tertiary/aromatic N) is 4. The Hall–Kier alpha value is -1.43. The maximum atomic E-state index is 5.45. The zero-order valence-corrected chi connectivity index (χ0v) is 7.25. The topological polar surface area (TPSA) is 69.6 Å². The minimum Gasteiger partial charge on any atom is -0.374 e. The predicted octanol–water partition coefficient (Wildman–Crippen LogP) is 0.521. The van der Waals surface area contributed by atoms with Crippen LogP contribution in [-0.2, 0) is 7.05 Å². The lowest BCUT2D eigenvalue weighted by molar-refractivity contribution is 0.772. The average molecular weight is 181 g/mol. The van der Waals surface area contributed by atoms with Crippen LogP contribution in [0, 0.1) is 0 Å². The van der Waals surface area contributed by atoms with Gasteiger partial charge in [-0.3, -0.25) is 4.68 Å². The van der Waals surface area contributed by atoms with Crippen molar-refractivity contribution in [2.45, 2.75) is 0 Å². The van der Waals surface area contributed by atoms with Gasteiger partial charge in [-0.05, 0) is 6.07 Å². The molecule has 0 amide bonds. The van der Waals surface area contributed by atoms with Crippen molar-refractivity contribution in [3.05, 3.63) is 12.3 Å². The molecule has 0 unspecified atom stereocenters. The SMILES string of the molecule is Cn1nccc1-c1nsc(N)n1. The van der Waals surface area contributed by atoms with Crippen molar-refractivity contribution in [1.82, 2.24) is 19.1 Å². The first-order chi connectivity index (χ1) is 5.77. The molecule has 6 heteroatoms. The molecule has 0 fully saturated rings. The summed E-state index contributed by atoms with van der Waals surface area (Å²) in [5.41, 5.74) is 6.33. The van der Waals surface area contributed by atoms with E-state index in [9.17, 15) is 0 Å². The van der Waals surface area contributed by atoms with E-state index in [1.807, 2.05) is 13.1 Å². The quantitative estimate of drug-likeness (QED) is 0.696. The zero-order valence-electron chi connectivity index (χ0n) is 6.43. The summed E-state index contributed by atoms with van der Waals surface area (Å²) in [5.74, 6) is 0.637. The van der Waals surface area contributed by atoms with Crippen LogP contribution in [0.1, 0.15) is 0 Å². The molecular weight excluding hydrogens is 174 g/mol. The van der Waals surface area contributed by atoms with Crippen molar-refractivity contribution in [3.63, 3.8) is 0 Å². The maximum absolute atomic E-state index is 5.45. The standard InChI is InChI=1S/C6H7N5S/c1-11-4(2-3-8-11)5-9-6(7)12-10-5/h2-3H,1H3,(H2,7,9,10). The summed E-state index contributed by atoms with van der Waals surface area (Å²) in [7, 11) is 1.84. The van der Waals surface area contributed by atoms with Crippen molar-refractivity contribution < 1.29 is 0 Å². The van der Waals surface area contributed by atoms with Gasteiger partial charge in [-0.2, -0.15) is 14.5 Å². The van der Waals surface area contributed by atoms with Crippen LogP contribution in [0.15, 0.2) is 12.3 Å². The van der Waals surface area contributed by atoms with Gasteiger partial charge in [-0.15, -0.1) is 0 Å². The predicted molar refractivity (Wildman–Crippen MR) is 46.5 cm³/mol. The molecule has 0 aliphatic rings. The van der Waals surface area contributed by atoms with Crippen molar-refractivity contribution >= 4 is 16.7 Å². The Morgan fingerprint density at radius 2 is 2.42 bits per heavy atom. The van der Waals surface area contributed by atoms with Gasteiger partial charge >= 0.3 is 0 Å². The highest BCUT2D eigenvalue weighted by Crippen LogP contribution is 2.17. The minimum atomic E-state index is 0.478. The van der Waals surface area contributed by atoms with Crippen LogP contribution < -0.4 is 5.73 Å². The second-order valence-corrected chi connectivity index (χ2v) is 3.08. The van der Waals surface area contributed by atoms with Gasteiger partial charge in [-0.1, -0.05) is 0 Å². The molecule has 0 atom stereocenters.